The molecule has 0 aliphatic heterocycles. The number of hydrogen-bond acceptors (Lipinski definition) is 2. The molecule has 0 saturated carbocycles. The van der Waals surface area contributed by atoms with Crippen LogP contribution in [0.3, 0.4) is 0 Å². The Labute approximate surface area is 87.6 Å². The highest BCUT2D eigenvalue weighted by Crippen LogP contribution is 2.11. The van der Waals surface area contributed by atoms with Gasteiger partial charge in [0.15, 0.2) is 0 Å². The summed E-state index contributed by atoms with van der Waals surface area (Å²) in [6.45, 7) is 1.37. The molecule has 0 spiro atoms. The van der Waals surface area contributed by atoms with Crippen LogP contribution in [0, 0.1) is 5.82 Å². The van der Waals surface area contributed by atoms with Crippen molar-refractivity contribution in [3.05, 3.63) is 30.1 Å². The highest BCUT2D eigenvalue weighted by molar-refractivity contribution is 6.17. The van der Waals surface area contributed by atoms with Crippen LogP contribution in [0.15, 0.2) is 24.3 Å². The molecule has 14 heavy (non-hydrogen) atoms. The van der Waals surface area contributed by atoms with E-state index in [1.165, 1.54) is 12.1 Å². The summed E-state index contributed by atoms with van der Waals surface area (Å²) < 4.78 is 23.0. The van der Waals surface area contributed by atoms with Crippen LogP contribution in [-0.4, -0.2) is 25.7 Å². The maximum atomic E-state index is 12.7. The van der Waals surface area contributed by atoms with Crippen molar-refractivity contribution >= 4 is 11.6 Å². The number of ether oxygens (including phenoxy) is 2. The highest BCUT2D eigenvalue weighted by atomic mass is 35.5. The van der Waals surface area contributed by atoms with Crippen LogP contribution in [0.2, 0.25) is 0 Å². The Hall–Kier alpha value is -0.800. The van der Waals surface area contributed by atoms with Crippen molar-refractivity contribution < 1.29 is 13.9 Å². The summed E-state index contributed by atoms with van der Waals surface area (Å²) in [6, 6.07) is 6.01. The van der Waals surface area contributed by atoms with Gasteiger partial charge in [-0.15, -0.1) is 11.6 Å². The fourth-order valence-corrected chi connectivity index (χ4v) is 1.04. The summed E-state index contributed by atoms with van der Waals surface area (Å²) >= 11 is 5.40. The normalized spacial score (nSPS) is 10.1. The van der Waals surface area contributed by atoms with E-state index in [4.69, 9.17) is 21.1 Å². The van der Waals surface area contributed by atoms with Crippen molar-refractivity contribution in [1.82, 2.24) is 0 Å². The average molecular weight is 219 g/mol. The van der Waals surface area contributed by atoms with E-state index in [-0.39, 0.29) is 5.82 Å². The van der Waals surface area contributed by atoms with Crippen molar-refractivity contribution in [1.29, 1.82) is 0 Å². The summed E-state index contributed by atoms with van der Waals surface area (Å²) in [5, 5.41) is 0. The maximum Gasteiger partial charge on any atom is 0.126 e. The Morgan fingerprint density at radius 1 is 1.21 bits per heavy atom. The SMILES string of the molecule is Fc1cccc(OCCOCCCl)c1. The first-order chi connectivity index (χ1) is 6.83. The number of alkyl halides is 1. The maximum absolute atomic E-state index is 12.7. The van der Waals surface area contributed by atoms with Gasteiger partial charge in [0.2, 0.25) is 0 Å². The third kappa shape index (κ3) is 4.44. The number of halogens is 2. The van der Waals surface area contributed by atoms with Crippen molar-refractivity contribution in [2.24, 2.45) is 0 Å². The van der Waals surface area contributed by atoms with E-state index < -0.39 is 0 Å². The molecule has 0 unspecified atom stereocenters. The standard InChI is InChI=1S/C10H12ClFO2/c11-4-5-13-6-7-14-10-3-1-2-9(12)8-10/h1-3,8H,4-7H2. The quantitative estimate of drug-likeness (QED) is 0.540. The summed E-state index contributed by atoms with van der Waals surface area (Å²) in [5.74, 6) is 0.684. The third-order valence-corrected chi connectivity index (χ3v) is 1.67. The largest absolute Gasteiger partial charge is 0.491 e. The third-order valence-electron chi connectivity index (χ3n) is 1.51. The van der Waals surface area contributed by atoms with Crippen molar-refractivity contribution in [3.8, 4) is 5.75 Å². The smallest absolute Gasteiger partial charge is 0.126 e. The Kier molecular flexibility index (Phi) is 5.33. The molecule has 0 radical (unpaired) electrons. The predicted octanol–water partition coefficient (Wildman–Crippen LogP) is 2.46. The molecule has 0 aliphatic rings. The van der Waals surface area contributed by atoms with Gasteiger partial charge in [-0.1, -0.05) is 6.07 Å². The molecule has 0 saturated heterocycles. The van der Waals surface area contributed by atoms with E-state index in [2.05, 4.69) is 0 Å². The van der Waals surface area contributed by atoms with Gasteiger partial charge >= 0.3 is 0 Å². The van der Waals surface area contributed by atoms with Gasteiger partial charge in [-0.3, -0.25) is 0 Å². The van der Waals surface area contributed by atoms with Gasteiger partial charge in [-0.25, -0.2) is 4.39 Å². The Bertz CT molecular complexity index is 268. The molecule has 0 N–H and O–H groups in total. The van der Waals surface area contributed by atoms with Gasteiger partial charge in [0.25, 0.3) is 0 Å². The van der Waals surface area contributed by atoms with E-state index in [0.717, 1.165) is 0 Å². The Morgan fingerprint density at radius 2 is 2.07 bits per heavy atom. The lowest BCUT2D eigenvalue weighted by Crippen LogP contribution is -2.07. The molecule has 0 bridgehead atoms. The second-order valence-corrected chi connectivity index (χ2v) is 2.99. The molecule has 1 aromatic rings. The molecule has 4 heteroatoms. The topological polar surface area (TPSA) is 18.5 Å². The number of rotatable bonds is 6. The molecule has 1 aromatic carbocycles. The Balaban J connectivity index is 2.18. The van der Waals surface area contributed by atoms with Crippen LogP contribution < -0.4 is 4.74 Å². The van der Waals surface area contributed by atoms with Crippen LogP contribution in [-0.2, 0) is 4.74 Å². The predicted molar refractivity (Wildman–Crippen MR) is 53.4 cm³/mol. The molecule has 78 valence electrons. The number of hydrogen-bond donors (Lipinski definition) is 0. The van der Waals surface area contributed by atoms with Gasteiger partial charge < -0.3 is 9.47 Å². The second-order valence-electron chi connectivity index (χ2n) is 2.61. The summed E-state index contributed by atoms with van der Waals surface area (Å²) in [4.78, 5) is 0. The fourth-order valence-electron chi connectivity index (χ4n) is 0.932. The van der Waals surface area contributed by atoms with E-state index >= 15 is 0 Å². The molecule has 0 aromatic heterocycles. The highest BCUT2D eigenvalue weighted by Gasteiger charge is 1.95. The van der Waals surface area contributed by atoms with Gasteiger partial charge in [0.05, 0.1) is 13.2 Å². The van der Waals surface area contributed by atoms with Crippen LogP contribution in [0.25, 0.3) is 0 Å². The first-order valence-electron chi connectivity index (χ1n) is 4.35. The molecular weight excluding hydrogens is 207 g/mol. The molecular formula is C10H12ClFO2. The van der Waals surface area contributed by atoms with Crippen LogP contribution in [0.5, 0.6) is 5.75 Å². The van der Waals surface area contributed by atoms with E-state index in [1.54, 1.807) is 12.1 Å². The van der Waals surface area contributed by atoms with Crippen molar-refractivity contribution in [3.63, 3.8) is 0 Å². The minimum Gasteiger partial charge on any atom is -0.491 e. The lowest BCUT2D eigenvalue weighted by molar-refractivity contribution is 0.111. The van der Waals surface area contributed by atoms with E-state index in [1.807, 2.05) is 0 Å². The first kappa shape index (κ1) is 11.3. The lowest BCUT2D eigenvalue weighted by atomic mass is 10.3. The van der Waals surface area contributed by atoms with Gasteiger partial charge in [0.1, 0.15) is 18.2 Å². The lowest BCUT2D eigenvalue weighted by Gasteiger charge is -2.05. The molecule has 1 rings (SSSR count). The van der Waals surface area contributed by atoms with Crippen LogP contribution in [0.1, 0.15) is 0 Å². The minimum atomic E-state index is -0.302. The minimum absolute atomic E-state index is 0.302. The zero-order valence-corrected chi connectivity index (χ0v) is 8.47. The number of benzene rings is 1. The monoisotopic (exact) mass is 218 g/mol. The molecule has 0 heterocycles. The Morgan fingerprint density at radius 3 is 2.79 bits per heavy atom. The second kappa shape index (κ2) is 6.62. The molecule has 0 fully saturated rings. The summed E-state index contributed by atoms with van der Waals surface area (Å²) in [6.07, 6.45) is 0. The van der Waals surface area contributed by atoms with Gasteiger partial charge in [-0.05, 0) is 12.1 Å². The van der Waals surface area contributed by atoms with E-state index in [9.17, 15) is 4.39 Å². The zero-order valence-electron chi connectivity index (χ0n) is 7.71. The molecule has 0 amide bonds. The first-order valence-corrected chi connectivity index (χ1v) is 4.88. The summed E-state index contributed by atoms with van der Waals surface area (Å²) in [5.41, 5.74) is 0. The molecule has 0 atom stereocenters. The van der Waals surface area contributed by atoms with Gasteiger partial charge in [-0.2, -0.15) is 0 Å². The molecule has 2 nitrogen and oxygen atoms in total. The van der Waals surface area contributed by atoms with Crippen molar-refractivity contribution in [2.75, 3.05) is 25.7 Å². The van der Waals surface area contributed by atoms with Crippen molar-refractivity contribution in [2.45, 2.75) is 0 Å². The fraction of sp³-hybridized carbons (Fsp3) is 0.400. The van der Waals surface area contributed by atoms with Crippen LogP contribution in [0.4, 0.5) is 4.39 Å². The zero-order chi connectivity index (χ0) is 10.2. The molecule has 0 aliphatic carbocycles. The summed E-state index contributed by atoms with van der Waals surface area (Å²) in [7, 11) is 0. The van der Waals surface area contributed by atoms with Gasteiger partial charge in [0, 0.05) is 11.9 Å². The average Bonchev–Trinajstić information content (AvgIpc) is 2.18. The van der Waals surface area contributed by atoms with Crippen LogP contribution >= 0.6 is 11.6 Å². The van der Waals surface area contributed by atoms with E-state index in [0.29, 0.717) is 31.5 Å².